The van der Waals surface area contributed by atoms with E-state index in [9.17, 15) is 9.90 Å². The van der Waals surface area contributed by atoms with E-state index in [0.717, 1.165) is 39.5 Å². The SMILES string of the molecule is CC(C)(C)c1cc(C(CC(=O)NCCCCCC[N+](C)(C)C)n2nc3ccccc3n2)ccc1O.[Cl-]. The number of aromatic nitrogens is 3. The number of hydrogen-bond acceptors (Lipinski definition) is 4. The molecule has 2 aromatic carbocycles. The summed E-state index contributed by atoms with van der Waals surface area (Å²) in [5.74, 6) is 0.237. The molecule has 3 rings (SSSR count). The van der Waals surface area contributed by atoms with E-state index in [1.165, 1.54) is 19.4 Å². The fourth-order valence-electron chi connectivity index (χ4n) is 4.25. The molecule has 1 aromatic heterocycles. The Morgan fingerprint density at radius 1 is 1.00 bits per heavy atom. The van der Waals surface area contributed by atoms with E-state index in [-0.39, 0.29) is 41.9 Å². The van der Waals surface area contributed by atoms with Crippen molar-refractivity contribution in [3.63, 3.8) is 0 Å². The number of halogens is 1. The summed E-state index contributed by atoms with van der Waals surface area (Å²) in [5.41, 5.74) is 3.10. The summed E-state index contributed by atoms with van der Waals surface area (Å²) in [6, 6.07) is 12.9. The van der Waals surface area contributed by atoms with Crippen molar-refractivity contribution in [2.45, 2.75) is 64.3 Å². The van der Waals surface area contributed by atoms with Crippen LogP contribution in [0.5, 0.6) is 5.75 Å². The molecule has 0 aliphatic rings. The van der Waals surface area contributed by atoms with Crippen molar-refractivity contribution in [3.8, 4) is 5.75 Å². The summed E-state index contributed by atoms with van der Waals surface area (Å²) in [5, 5.41) is 22.9. The lowest BCUT2D eigenvalue weighted by molar-refractivity contribution is -0.870. The number of nitrogens with one attached hydrogen (secondary N) is 1. The van der Waals surface area contributed by atoms with Gasteiger partial charge < -0.3 is 27.3 Å². The summed E-state index contributed by atoms with van der Waals surface area (Å²) < 4.78 is 0.989. The van der Waals surface area contributed by atoms with Crippen LogP contribution >= 0.6 is 0 Å². The van der Waals surface area contributed by atoms with Crippen LogP contribution in [0.4, 0.5) is 0 Å². The molecule has 0 spiro atoms. The van der Waals surface area contributed by atoms with E-state index in [1.54, 1.807) is 10.9 Å². The summed E-state index contributed by atoms with van der Waals surface area (Å²) >= 11 is 0. The third kappa shape index (κ3) is 8.49. The first-order chi connectivity index (χ1) is 16.4. The maximum Gasteiger partial charge on any atom is 0.222 e. The average molecular weight is 516 g/mol. The van der Waals surface area contributed by atoms with Gasteiger partial charge in [0.05, 0.1) is 34.1 Å². The minimum Gasteiger partial charge on any atom is -1.00 e. The Morgan fingerprint density at radius 3 is 2.19 bits per heavy atom. The van der Waals surface area contributed by atoms with Crippen LogP contribution in [-0.4, -0.2) is 64.7 Å². The molecule has 1 unspecified atom stereocenters. The Morgan fingerprint density at radius 2 is 1.61 bits per heavy atom. The summed E-state index contributed by atoms with van der Waals surface area (Å²) in [6.07, 6.45) is 4.71. The average Bonchev–Trinajstić information content (AvgIpc) is 3.20. The topological polar surface area (TPSA) is 80.0 Å². The normalized spacial score (nSPS) is 12.8. The molecule has 7 nitrogen and oxygen atoms in total. The zero-order valence-electron chi connectivity index (χ0n) is 22.6. The van der Waals surface area contributed by atoms with Gasteiger partial charge in [0.15, 0.2) is 0 Å². The monoisotopic (exact) mass is 515 g/mol. The molecule has 1 heterocycles. The Bertz CT molecular complexity index is 1100. The maximum atomic E-state index is 13.0. The summed E-state index contributed by atoms with van der Waals surface area (Å²) in [6.45, 7) is 8.03. The molecule has 0 saturated carbocycles. The molecule has 3 aromatic rings. The van der Waals surface area contributed by atoms with Gasteiger partial charge in [0.2, 0.25) is 5.91 Å². The molecule has 1 amide bonds. The van der Waals surface area contributed by atoms with Crippen LogP contribution in [0.25, 0.3) is 11.0 Å². The molecule has 36 heavy (non-hydrogen) atoms. The second kappa shape index (κ2) is 12.5. The van der Waals surface area contributed by atoms with Crippen molar-refractivity contribution >= 4 is 16.9 Å². The fraction of sp³-hybridized carbons (Fsp3) is 0.536. The van der Waals surface area contributed by atoms with Gasteiger partial charge in [-0.2, -0.15) is 15.0 Å². The van der Waals surface area contributed by atoms with E-state index < -0.39 is 0 Å². The molecule has 2 N–H and O–H groups in total. The maximum absolute atomic E-state index is 13.0. The lowest BCUT2D eigenvalue weighted by Gasteiger charge is -2.24. The van der Waals surface area contributed by atoms with Gasteiger partial charge in [-0.15, -0.1) is 0 Å². The molecule has 0 saturated heterocycles. The molecule has 0 aliphatic carbocycles. The standard InChI is InChI=1S/C28H41N5O2.ClH/c1-28(2,3)22-19-21(15-16-26(22)34)25(32-30-23-13-9-10-14-24(23)31-32)20-27(35)29-17-11-7-8-12-18-33(4,5)6;/h9-10,13-16,19,25H,7-8,11-12,17-18,20H2,1-6H3,(H-,29,34,35);1H. The highest BCUT2D eigenvalue weighted by atomic mass is 35.5. The number of aromatic hydroxyl groups is 1. The predicted molar refractivity (Wildman–Crippen MR) is 141 cm³/mol. The van der Waals surface area contributed by atoms with Gasteiger partial charge in [-0.3, -0.25) is 4.79 Å². The molecule has 198 valence electrons. The number of nitrogens with zero attached hydrogens (tertiary/aromatic N) is 4. The molecular formula is C28H42ClN5O2. The summed E-state index contributed by atoms with van der Waals surface area (Å²) in [4.78, 5) is 14.6. The second-order valence-electron chi connectivity index (χ2n) is 11.5. The van der Waals surface area contributed by atoms with Gasteiger partial charge in [0.1, 0.15) is 22.8 Å². The van der Waals surface area contributed by atoms with Crippen LogP contribution in [0, 0.1) is 0 Å². The quantitative estimate of drug-likeness (QED) is 0.301. The highest BCUT2D eigenvalue weighted by Crippen LogP contribution is 2.34. The number of fused-ring (bicyclic) bond motifs is 1. The van der Waals surface area contributed by atoms with Crippen molar-refractivity contribution in [3.05, 3.63) is 53.6 Å². The van der Waals surface area contributed by atoms with Gasteiger partial charge in [-0.25, -0.2) is 0 Å². The zero-order valence-corrected chi connectivity index (χ0v) is 23.3. The van der Waals surface area contributed by atoms with Gasteiger partial charge in [-0.1, -0.05) is 45.4 Å². The third-order valence-corrected chi connectivity index (χ3v) is 6.25. The number of phenolic OH excluding ortho intramolecular Hbond substituents is 1. The first-order valence-electron chi connectivity index (χ1n) is 12.7. The van der Waals surface area contributed by atoms with Gasteiger partial charge in [0, 0.05) is 6.54 Å². The lowest BCUT2D eigenvalue weighted by atomic mass is 9.84. The largest absolute Gasteiger partial charge is 1.00 e. The van der Waals surface area contributed by atoms with Crippen LogP contribution < -0.4 is 17.7 Å². The van der Waals surface area contributed by atoms with Crippen LogP contribution in [0.1, 0.15) is 70.0 Å². The van der Waals surface area contributed by atoms with Crippen molar-refractivity contribution in [2.24, 2.45) is 0 Å². The lowest BCUT2D eigenvalue weighted by Crippen LogP contribution is -3.00. The van der Waals surface area contributed by atoms with Crippen LogP contribution in [0.2, 0.25) is 0 Å². The smallest absolute Gasteiger partial charge is 0.222 e. The molecular weight excluding hydrogens is 474 g/mol. The molecule has 0 fully saturated rings. The van der Waals surface area contributed by atoms with Crippen LogP contribution in [0.3, 0.4) is 0 Å². The van der Waals surface area contributed by atoms with E-state index in [1.807, 2.05) is 36.4 Å². The zero-order chi connectivity index (χ0) is 25.6. The summed E-state index contributed by atoms with van der Waals surface area (Å²) in [7, 11) is 6.64. The number of amides is 1. The number of quaternary nitrogens is 1. The van der Waals surface area contributed by atoms with Gasteiger partial charge >= 0.3 is 0 Å². The second-order valence-corrected chi connectivity index (χ2v) is 11.5. The number of benzene rings is 2. The van der Waals surface area contributed by atoms with E-state index in [2.05, 4.69) is 57.4 Å². The molecule has 0 bridgehead atoms. The van der Waals surface area contributed by atoms with Crippen molar-refractivity contribution < 1.29 is 26.8 Å². The first-order valence-corrected chi connectivity index (χ1v) is 12.7. The van der Waals surface area contributed by atoms with Crippen LogP contribution in [-0.2, 0) is 10.2 Å². The number of hydrogen-bond donors (Lipinski definition) is 2. The minimum absolute atomic E-state index is 0. The van der Waals surface area contributed by atoms with Gasteiger partial charge in [0.25, 0.3) is 0 Å². The Labute approximate surface area is 221 Å². The molecule has 1 atom stereocenters. The van der Waals surface area contributed by atoms with Crippen molar-refractivity contribution in [2.75, 3.05) is 34.2 Å². The van der Waals surface area contributed by atoms with Gasteiger partial charge in [-0.05, 0) is 60.1 Å². The minimum atomic E-state index is -0.367. The number of phenols is 1. The third-order valence-electron chi connectivity index (χ3n) is 6.25. The molecule has 0 aliphatic heterocycles. The number of carbonyl (C=O) groups is 1. The Balaban J connectivity index is 0.00000456. The van der Waals surface area contributed by atoms with E-state index in [4.69, 9.17) is 0 Å². The van der Waals surface area contributed by atoms with Crippen LogP contribution in [0.15, 0.2) is 42.5 Å². The van der Waals surface area contributed by atoms with Crippen molar-refractivity contribution in [1.29, 1.82) is 0 Å². The van der Waals surface area contributed by atoms with E-state index >= 15 is 0 Å². The number of unbranched alkanes of at least 4 members (excludes halogenated alkanes) is 3. The number of rotatable bonds is 11. The number of carbonyl (C=O) groups excluding carboxylic acids is 1. The highest BCUT2D eigenvalue weighted by molar-refractivity contribution is 5.77. The van der Waals surface area contributed by atoms with E-state index in [0.29, 0.717) is 6.54 Å². The van der Waals surface area contributed by atoms with Crippen molar-refractivity contribution in [1.82, 2.24) is 20.3 Å². The fourth-order valence-corrected chi connectivity index (χ4v) is 4.25. The predicted octanol–water partition coefficient (Wildman–Crippen LogP) is 1.80. The Kier molecular flexibility index (Phi) is 10.3. The first kappa shape index (κ1) is 29.6. The Hall–Kier alpha value is -2.64. The highest BCUT2D eigenvalue weighted by Gasteiger charge is 2.25. The molecule has 8 heteroatoms. The molecule has 0 radical (unpaired) electrons.